The van der Waals surface area contributed by atoms with Crippen LogP contribution in [0.3, 0.4) is 0 Å². The van der Waals surface area contributed by atoms with Crippen molar-refractivity contribution < 1.29 is 32.9 Å². The van der Waals surface area contributed by atoms with Gasteiger partial charge in [-0.05, 0) is 30.1 Å². The van der Waals surface area contributed by atoms with Crippen molar-refractivity contribution in [3.63, 3.8) is 0 Å². The Kier molecular flexibility index (Phi) is 9.70. The van der Waals surface area contributed by atoms with Crippen molar-refractivity contribution in [2.45, 2.75) is 37.8 Å². The molecular formula is C21H24BrClN3O9P. The van der Waals surface area contributed by atoms with E-state index in [0.717, 1.165) is 4.57 Å². The molecule has 1 fully saturated rings. The number of para-hydroxylation sites is 1. The number of halogens is 2. The lowest BCUT2D eigenvalue weighted by Gasteiger charge is -2.27. The minimum absolute atomic E-state index is 0.0906. The SMILES string of the molecule is CON(c1ccccc1)[C@@H](C)C(=O)OP(=O)(O)O[C@H]1C[C@H](n2cc(/C=C/Br)c(=O)[nH]c2=O)O[C@@H]1CCl. The predicted octanol–water partition coefficient (Wildman–Crippen LogP) is 2.91. The minimum atomic E-state index is -4.93. The van der Waals surface area contributed by atoms with Crippen LogP contribution in [0.25, 0.3) is 6.08 Å². The van der Waals surface area contributed by atoms with E-state index in [-0.39, 0.29) is 17.9 Å². The van der Waals surface area contributed by atoms with Gasteiger partial charge < -0.3 is 9.26 Å². The van der Waals surface area contributed by atoms with Crippen LogP contribution in [0.1, 0.15) is 25.1 Å². The number of phosphoric ester groups is 1. The van der Waals surface area contributed by atoms with Crippen LogP contribution in [-0.2, 0) is 28.0 Å². The monoisotopic (exact) mass is 607 g/mol. The number of hydroxylamine groups is 1. The fourth-order valence-electron chi connectivity index (χ4n) is 3.56. The summed E-state index contributed by atoms with van der Waals surface area (Å²) in [7, 11) is -3.60. The zero-order valence-corrected chi connectivity index (χ0v) is 22.4. The number of phosphoric acid groups is 1. The topological polar surface area (TPSA) is 149 Å². The average Bonchev–Trinajstić information content (AvgIpc) is 3.23. The summed E-state index contributed by atoms with van der Waals surface area (Å²) < 4.78 is 29.5. The number of H-pyrrole nitrogens is 1. The van der Waals surface area contributed by atoms with Crippen LogP contribution < -0.4 is 16.3 Å². The Hall–Kier alpha value is -2.25. The number of alkyl halides is 1. The number of hydrogen-bond donors (Lipinski definition) is 2. The summed E-state index contributed by atoms with van der Waals surface area (Å²) in [5.74, 6) is -1.23. The molecule has 0 spiro atoms. The molecule has 0 bridgehead atoms. The van der Waals surface area contributed by atoms with Crippen LogP contribution in [-0.4, -0.2) is 51.7 Å². The van der Waals surface area contributed by atoms with Crippen LogP contribution in [0, 0.1) is 0 Å². The van der Waals surface area contributed by atoms with E-state index in [2.05, 4.69) is 20.9 Å². The first kappa shape index (κ1) is 28.3. The summed E-state index contributed by atoms with van der Waals surface area (Å²) in [5, 5.41) is 1.21. The molecule has 12 nitrogen and oxygen atoms in total. The first-order chi connectivity index (χ1) is 17.1. The number of nitrogens with one attached hydrogen (secondary N) is 1. The van der Waals surface area contributed by atoms with Crippen LogP contribution in [0.15, 0.2) is 51.1 Å². The minimum Gasteiger partial charge on any atom is -0.369 e. The molecule has 1 aromatic carbocycles. The molecule has 3 rings (SSSR count). The molecule has 2 heterocycles. The van der Waals surface area contributed by atoms with Crippen LogP contribution in [0.4, 0.5) is 5.69 Å². The lowest BCUT2D eigenvalue weighted by Crippen LogP contribution is -2.39. The zero-order chi connectivity index (χ0) is 26.5. The molecule has 1 aliphatic rings. The number of aromatic amines is 1. The van der Waals surface area contributed by atoms with E-state index in [1.54, 1.807) is 30.3 Å². The van der Waals surface area contributed by atoms with Gasteiger partial charge in [0.2, 0.25) is 0 Å². The second kappa shape index (κ2) is 12.3. The number of rotatable bonds is 10. The third kappa shape index (κ3) is 6.74. The lowest BCUT2D eigenvalue weighted by molar-refractivity contribution is -0.139. The van der Waals surface area contributed by atoms with Crippen molar-refractivity contribution in [1.82, 2.24) is 9.55 Å². The summed E-state index contributed by atoms with van der Waals surface area (Å²) in [5.41, 5.74) is -0.668. The van der Waals surface area contributed by atoms with Gasteiger partial charge in [0, 0.05) is 12.6 Å². The highest BCUT2D eigenvalue weighted by Gasteiger charge is 2.43. The second-order valence-electron chi connectivity index (χ2n) is 7.61. The van der Waals surface area contributed by atoms with Crippen LogP contribution in [0.5, 0.6) is 0 Å². The Labute approximate surface area is 219 Å². The third-order valence-electron chi connectivity index (χ3n) is 5.25. The van der Waals surface area contributed by atoms with E-state index in [1.165, 1.54) is 36.4 Å². The molecule has 15 heteroatoms. The van der Waals surface area contributed by atoms with Gasteiger partial charge in [0.15, 0.2) is 6.04 Å². The Morgan fingerprint density at radius 1 is 1.42 bits per heavy atom. The van der Waals surface area contributed by atoms with Gasteiger partial charge in [-0.2, -0.15) is 0 Å². The molecule has 0 amide bonds. The fourth-order valence-corrected chi connectivity index (χ4v) is 5.11. The van der Waals surface area contributed by atoms with Crippen molar-refractivity contribution in [2.24, 2.45) is 0 Å². The average molecular weight is 609 g/mol. The standard InChI is InChI=1S/C21H24BrClN3O9P/c1-13(26(32-2)15-6-4-3-5-7-15)20(28)35-36(30,31)34-16-10-18(33-17(16)11-23)25-12-14(8-9-22)19(27)24-21(25)29/h3-9,12-13,16-18H,10-11H2,1-2H3,(H,30,31)(H,24,27,29)/b9-8+/t13-,16-,17+,18+/m0/s1. The van der Waals surface area contributed by atoms with Gasteiger partial charge in [-0.15, -0.1) is 11.6 Å². The number of nitrogens with zero attached hydrogens (tertiary/aromatic N) is 2. The molecule has 1 saturated heterocycles. The van der Waals surface area contributed by atoms with Crippen molar-refractivity contribution in [2.75, 3.05) is 18.1 Å². The molecule has 2 aromatic rings. The summed E-state index contributed by atoms with van der Waals surface area (Å²) in [6.07, 6.45) is -0.372. The molecule has 0 saturated carbocycles. The van der Waals surface area contributed by atoms with Crippen molar-refractivity contribution in [1.29, 1.82) is 0 Å². The molecule has 2 N–H and O–H groups in total. The number of aromatic nitrogens is 2. The number of carbonyl (C=O) groups excluding carboxylic acids is 1. The highest BCUT2D eigenvalue weighted by Crippen LogP contribution is 2.49. The Morgan fingerprint density at radius 3 is 2.72 bits per heavy atom. The fraction of sp³-hybridized carbons (Fsp3) is 0.381. The van der Waals surface area contributed by atoms with Gasteiger partial charge in [0.1, 0.15) is 18.4 Å². The molecule has 1 aliphatic heterocycles. The number of hydrogen-bond acceptors (Lipinski definition) is 9. The third-order valence-corrected chi connectivity index (χ3v) is 6.77. The number of carbonyl (C=O) groups is 1. The number of benzene rings is 1. The van der Waals surface area contributed by atoms with Crippen molar-refractivity contribution >= 4 is 53.1 Å². The molecular weight excluding hydrogens is 585 g/mol. The Bertz CT molecular complexity index is 1260. The summed E-state index contributed by atoms with van der Waals surface area (Å²) in [4.78, 5) is 56.0. The van der Waals surface area contributed by atoms with E-state index in [1.807, 2.05) is 0 Å². The quantitative estimate of drug-likeness (QED) is 0.234. The number of ether oxygens (including phenoxy) is 1. The molecule has 1 aromatic heterocycles. The molecule has 5 atom stereocenters. The highest BCUT2D eigenvalue weighted by atomic mass is 79.9. The zero-order valence-electron chi connectivity index (χ0n) is 19.2. The van der Waals surface area contributed by atoms with Gasteiger partial charge in [-0.3, -0.25) is 28.6 Å². The van der Waals surface area contributed by atoms with Crippen LogP contribution in [0.2, 0.25) is 0 Å². The molecule has 196 valence electrons. The maximum atomic E-state index is 12.7. The van der Waals surface area contributed by atoms with E-state index in [4.69, 9.17) is 30.2 Å². The summed E-state index contributed by atoms with van der Waals surface area (Å²) in [6, 6.07) is 7.51. The maximum Gasteiger partial charge on any atom is 0.530 e. The molecule has 0 aliphatic carbocycles. The van der Waals surface area contributed by atoms with Crippen molar-refractivity contribution in [3.8, 4) is 0 Å². The first-order valence-electron chi connectivity index (χ1n) is 10.6. The van der Waals surface area contributed by atoms with Gasteiger partial charge >= 0.3 is 19.5 Å². The van der Waals surface area contributed by atoms with E-state index >= 15 is 0 Å². The van der Waals surface area contributed by atoms with E-state index < -0.39 is 49.5 Å². The first-order valence-corrected chi connectivity index (χ1v) is 13.5. The molecule has 0 radical (unpaired) electrons. The lowest BCUT2D eigenvalue weighted by atomic mass is 10.2. The largest absolute Gasteiger partial charge is 0.530 e. The van der Waals surface area contributed by atoms with E-state index in [0.29, 0.717) is 5.69 Å². The summed E-state index contributed by atoms with van der Waals surface area (Å²) >= 11 is 9.01. The Balaban J connectivity index is 1.73. The van der Waals surface area contributed by atoms with Gasteiger partial charge in [-0.1, -0.05) is 34.1 Å². The van der Waals surface area contributed by atoms with Crippen LogP contribution >= 0.6 is 35.4 Å². The number of anilines is 1. The predicted molar refractivity (Wildman–Crippen MR) is 135 cm³/mol. The van der Waals surface area contributed by atoms with Gasteiger partial charge in [0.05, 0.1) is 24.2 Å². The Morgan fingerprint density at radius 2 is 2.11 bits per heavy atom. The summed E-state index contributed by atoms with van der Waals surface area (Å²) in [6.45, 7) is 1.43. The molecule has 36 heavy (non-hydrogen) atoms. The smallest absolute Gasteiger partial charge is 0.369 e. The highest BCUT2D eigenvalue weighted by molar-refractivity contribution is 9.11. The van der Waals surface area contributed by atoms with Gasteiger partial charge in [0.25, 0.3) is 5.56 Å². The van der Waals surface area contributed by atoms with Crippen molar-refractivity contribution in [3.05, 3.63) is 67.9 Å². The molecule has 1 unspecified atom stereocenters. The maximum absolute atomic E-state index is 12.7. The normalized spacial score (nSPS) is 22.3. The van der Waals surface area contributed by atoms with Gasteiger partial charge in [-0.25, -0.2) is 19.2 Å². The van der Waals surface area contributed by atoms with E-state index in [9.17, 15) is 23.8 Å². The second-order valence-corrected chi connectivity index (χ2v) is 9.77.